The smallest absolute Gasteiger partial charge is 0.0715 e. The van der Waals surface area contributed by atoms with Crippen LogP contribution in [0.4, 0.5) is 5.69 Å². The van der Waals surface area contributed by atoms with Crippen molar-refractivity contribution in [3.05, 3.63) is 28.8 Å². The molecule has 2 nitrogen and oxygen atoms in total. The molecule has 1 atom stereocenters. The van der Waals surface area contributed by atoms with Crippen molar-refractivity contribution in [1.82, 2.24) is 0 Å². The Kier molecular flexibility index (Phi) is 4.23. The van der Waals surface area contributed by atoms with E-state index >= 15 is 0 Å². The number of hydrogen-bond acceptors (Lipinski definition) is 2. The lowest BCUT2D eigenvalue weighted by Gasteiger charge is -2.14. The Morgan fingerprint density at radius 3 is 2.79 bits per heavy atom. The third-order valence-corrected chi connectivity index (χ3v) is 2.51. The number of benzene rings is 1. The summed E-state index contributed by atoms with van der Waals surface area (Å²) in [6, 6.07) is 5.86. The minimum absolute atomic E-state index is 0.186. The Balaban J connectivity index is 2.66. The first kappa shape index (κ1) is 11.3. The number of ether oxygens (including phenoxy) is 1. The normalized spacial score (nSPS) is 12.6. The molecule has 3 heteroatoms. The first-order chi connectivity index (χ1) is 6.65. The number of methoxy groups -OCH3 is 1. The summed E-state index contributed by atoms with van der Waals surface area (Å²) in [5.74, 6) is 0. The quantitative estimate of drug-likeness (QED) is 0.830. The zero-order valence-corrected chi connectivity index (χ0v) is 9.56. The molecule has 0 bridgehead atoms. The summed E-state index contributed by atoms with van der Waals surface area (Å²) in [6.07, 6.45) is 0.186. The predicted molar refractivity (Wildman–Crippen MR) is 61.1 cm³/mol. The molecule has 0 aromatic heterocycles. The van der Waals surface area contributed by atoms with E-state index in [0.717, 1.165) is 22.8 Å². The Morgan fingerprint density at radius 1 is 1.50 bits per heavy atom. The summed E-state index contributed by atoms with van der Waals surface area (Å²) >= 11 is 6.05. The molecule has 0 saturated carbocycles. The average Bonchev–Trinajstić information content (AvgIpc) is 2.16. The van der Waals surface area contributed by atoms with Gasteiger partial charge in [0.25, 0.3) is 0 Å². The molecule has 0 radical (unpaired) electrons. The highest BCUT2D eigenvalue weighted by molar-refractivity contribution is 6.33. The third kappa shape index (κ3) is 2.89. The van der Waals surface area contributed by atoms with Gasteiger partial charge in [-0.1, -0.05) is 23.7 Å². The van der Waals surface area contributed by atoms with E-state index in [2.05, 4.69) is 5.32 Å². The number of para-hydroxylation sites is 1. The monoisotopic (exact) mass is 213 g/mol. The van der Waals surface area contributed by atoms with Crippen LogP contribution < -0.4 is 5.32 Å². The fourth-order valence-electron chi connectivity index (χ4n) is 1.18. The van der Waals surface area contributed by atoms with Crippen molar-refractivity contribution in [2.75, 3.05) is 19.0 Å². The topological polar surface area (TPSA) is 21.3 Å². The van der Waals surface area contributed by atoms with E-state index in [1.807, 2.05) is 32.0 Å². The zero-order valence-electron chi connectivity index (χ0n) is 8.80. The summed E-state index contributed by atoms with van der Waals surface area (Å²) in [4.78, 5) is 0. The summed E-state index contributed by atoms with van der Waals surface area (Å²) in [7, 11) is 1.70. The van der Waals surface area contributed by atoms with Gasteiger partial charge in [-0.3, -0.25) is 0 Å². The van der Waals surface area contributed by atoms with E-state index < -0.39 is 0 Å². The fourth-order valence-corrected chi connectivity index (χ4v) is 1.47. The maximum absolute atomic E-state index is 6.05. The van der Waals surface area contributed by atoms with Gasteiger partial charge in [0.15, 0.2) is 0 Å². The van der Waals surface area contributed by atoms with Crippen molar-refractivity contribution < 1.29 is 4.74 Å². The average molecular weight is 214 g/mol. The lowest BCUT2D eigenvalue weighted by Crippen LogP contribution is -2.18. The lowest BCUT2D eigenvalue weighted by atomic mass is 10.2. The Labute approximate surface area is 90.2 Å². The molecule has 0 fully saturated rings. The van der Waals surface area contributed by atoms with Gasteiger partial charge in [0.1, 0.15) is 0 Å². The van der Waals surface area contributed by atoms with Gasteiger partial charge in [0.2, 0.25) is 0 Å². The van der Waals surface area contributed by atoms with E-state index in [4.69, 9.17) is 16.3 Å². The second-order valence-electron chi connectivity index (χ2n) is 3.36. The molecular weight excluding hydrogens is 198 g/mol. The van der Waals surface area contributed by atoms with Crippen molar-refractivity contribution in [3.63, 3.8) is 0 Å². The number of anilines is 1. The van der Waals surface area contributed by atoms with Crippen LogP contribution in [0.25, 0.3) is 0 Å². The molecular formula is C11H16ClNO. The van der Waals surface area contributed by atoms with Crippen LogP contribution in [0.15, 0.2) is 18.2 Å². The van der Waals surface area contributed by atoms with Crippen LogP contribution in [0.5, 0.6) is 0 Å². The number of hydrogen-bond donors (Lipinski definition) is 1. The molecule has 1 rings (SSSR count). The number of rotatable bonds is 4. The third-order valence-electron chi connectivity index (χ3n) is 2.19. The first-order valence-corrected chi connectivity index (χ1v) is 5.04. The zero-order chi connectivity index (χ0) is 10.6. The van der Waals surface area contributed by atoms with Crippen LogP contribution in [-0.4, -0.2) is 19.8 Å². The van der Waals surface area contributed by atoms with Crippen molar-refractivity contribution in [3.8, 4) is 0 Å². The van der Waals surface area contributed by atoms with Crippen LogP contribution in [0.1, 0.15) is 12.5 Å². The van der Waals surface area contributed by atoms with Gasteiger partial charge in [-0.2, -0.15) is 0 Å². The maximum Gasteiger partial charge on any atom is 0.0715 e. The predicted octanol–water partition coefficient (Wildman–Crippen LogP) is 3.10. The number of nitrogens with one attached hydrogen (secondary N) is 1. The Hall–Kier alpha value is -0.730. The van der Waals surface area contributed by atoms with Gasteiger partial charge in [-0.25, -0.2) is 0 Å². The van der Waals surface area contributed by atoms with Gasteiger partial charge in [0, 0.05) is 13.7 Å². The molecule has 0 aliphatic heterocycles. The summed E-state index contributed by atoms with van der Waals surface area (Å²) < 4.78 is 5.15. The van der Waals surface area contributed by atoms with Crippen molar-refractivity contribution in [2.24, 2.45) is 0 Å². The minimum Gasteiger partial charge on any atom is -0.381 e. The van der Waals surface area contributed by atoms with Gasteiger partial charge in [-0.05, 0) is 25.5 Å². The second kappa shape index (κ2) is 5.23. The van der Waals surface area contributed by atoms with E-state index in [-0.39, 0.29) is 6.10 Å². The van der Waals surface area contributed by atoms with Crippen LogP contribution >= 0.6 is 11.6 Å². The lowest BCUT2D eigenvalue weighted by molar-refractivity contribution is 0.129. The van der Waals surface area contributed by atoms with Gasteiger partial charge in [-0.15, -0.1) is 0 Å². The molecule has 0 spiro atoms. The fraction of sp³-hybridized carbons (Fsp3) is 0.455. The highest BCUT2D eigenvalue weighted by Gasteiger charge is 2.04. The second-order valence-corrected chi connectivity index (χ2v) is 3.77. The van der Waals surface area contributed by atoms with E-state index in [1.54, 1.807) is 7.11 Å². The van der Waals surface area contributed by atoms with Crippen LogP contribution in [-0.2, 0) is 4.74 Å². The molecule has 0 heterocycles. The minimum atomic E-state index is 0.186. The molecule has 1 aromatic rings. The molecule has 1 unspecified atom stereocenters. The van der Waals surface area contributed by atoms with Gasteiger partial charge >= 0.3 is 0 Å². The Morgan fingerprint density at radius 2 is 2.21 bits per heavy atom. The molecule has 0 aliphatic carbocycles. The molecule has 1 N–H and O–H groups in total. The van der Waals surface area contributed by atoms with E-state index in [9.17, 15) is 0 Å². The van der Waals surface area contributed by atoms with Gasteiger partial charge in [0.05, 0.1) is 16.8 Å². The van der Waals surface area contributed by atoms with Crippen molar-refractivity contribution in [1.29, 1.82) is 0 Å². The molecule has 78 valence electrons. The van der Waals surface area contributed by atoms with Crippen LogP contribution in [0, 0.1) is 6.92 Å². The molecule has 0 amide bonds. The molecule has 14 heavy (non-hydrogen) atoms. The van der Waals surface area contributed by atoms with Crippen LogP contribution in [0.2, 0.25) is 5.02 Å². The van der Waals surface area contributed by atoms with Crippen molar-refractivity contribution in [2.45, 2.75) is 20.0 Å². The first-order valence-electron chi connectivity index (χ1n) is 4.67. The highest BCUT2D eigenvalue weighted by atomic mass is 35.5. The van der Waals surface area contributed by atoms with Crippen molar-refractivity contribution >= 4 is 17.3 Å². The number of halogens is 1. The summed E-state index contributed by atoms with van der Waals surface area (Å²) in [6.45, 7) is 4.81. The maximum atomic E-state index is 6.05. The summed E-state index contributed by atoms with van der Waals surface area (Å²) in [5.41, 5.74) is 2.15. The Bertz CT molecular complexity index is 281. The largest absolute Gasteiger partial charge is 0.381 e. The standard InChI is InChI=1S/C11H16ClNO/c1-8-5-4-6-10(12)11(8)13-7-9(2)14-3/h4-6,9,13H,7H2,1-3H3. The SMILES string of the molecule is COC(C)CNc1c(C)cccc1Cl. The van der Waals surface area contributed by atoms with Crippen LogP contribution in [0.3, 0.4) is 0 Å². The van der Waals surface area contributed by atoms with Gasteiger partial charge < -0.3 is 10.1 Å². The molecule has 0 saturated heterocycles. The van der Waals surface area contributed by atoms with E-state index in [1.165, 1.54) is 0 Å². The summed E-state index contributed by atoms with van der Waals surface area (Å²) in [5, 5.41) is 4.03. The molecule has 0 aliphatic rings. The highest BCUT2D eigenvalue weighted by Crippen LogP contribution is 2.24. The van der Waals surface area contributed by atoms with E-state index in [0.29, 0.717) is 0 Å². The molecule has 1 aromatic carbocycles. The number of aryl methyl sites for hydroxylation is 1.